The van der Waals surface area contributed by atoms with Gasteiger partial charge < -0.3 is 20.0 Å². The van der Waals surface area contributed by atoms with E-state index >= 15 is 0 Å². The second kappa shape index (κ2) is 8.79. The Kier molecular flexibility index (Phi) is 6.47. The first-order valence-electron chi connectivity index (χ1n) is 7.55. The Morgan fingerprint density at radius 2 is 1.88 bits per heavy atom. The van der Waals surface area contributed by atoms with Gasteiger partial charge in [0, 0.05) is 11.3 Å². The molecular formula is C18H18N3O3S-. The first kappa shape index (κ1) is 18.4. The van der Waals surface area contributed by atoms with Gasteiger partial charge in [0.05, 0.1) is 12.2 Å². The summed E-state index contributed by atoms with van der Waals surface area (Å²) in [4.78, 5) is 10.5. The monoisotopic (exact) mass is 356 g/mol. The molecule has 25 heavy (non-hydrogen) atoms. The van der Waals surface area contributed by atoms with Crippen LogP contribution in [0.1, 0.15) is 16.7 Å². The summed E-state index contributed by atoms with van der Waals surface area (Å²) >= 11 is 5.24. The second-order valence-corrected chi connectivity index (χ2v) is 5.70. The third-order valence-corrected chi connectivity index (χ3v) is 3.55. The number of hydrazone groups is 1. The third-order valence-electron chi connectivity index (χ3n) is 3.35. The number of aliphatic carboxylic acids is 1. The number of para-hydroxylation sites is 2. The molecule has 0 unspecified atom stereocenters. The summed E-state index contributed by atoms with van der Waals surface area (Å²) in [7, 11) is 0. The largest absolute Gasteiger partial charge is 0.546 e. The molecule has 0 heterocycles. The zero-order valence-electron chi connectivity index (χ0n) is 13.9. The maximum atomic E-state index is 10.5. The quantitative estimate of drug-likeness (QED) is 0.466. The van der Waals surface area contributed by atoms with Gasteiger partial charge in [-0.2, -0.15) is 5.10 Å². The van der Waals surface area contributed by atoms with Crippen LogP contribution in [0, 0.1) is 13.8 Å². The van der Waals surface area contributed by atoms with Crippen LogP contribution in [0.3, 0.4) is 0 Å². The van der Waals surface area contributed by atoms with E-state index in [0.717, 1.165) is 16.8 Å². The number of benzene rings is 2. The SMILES string of the molecule is Cc1cccc(C)c1NC(=S)N/N=C\c1ccccc1OCC(=O)[O-]. The van der Waals surface area contributed by atoms with Crippen molar-refractivity contribution in [3.8, 4) is 5.75 Å². The summed E-state index contributed by atoms with van der Waals surface area (Å²) < 4.78 is 5.15. The number of nitrogens with zero attached hydrogens (tertiary/aromatic N) is 1. The van der Waals surface area contributed by atoms with Gasteiger partial charge in [-0.15, -0.1) is 0 Å². The zero-order valence-corrected chi connectivity index (χ0v) is 14.7. The van der Waals surface area contributed by atoms with Gasteiger partial charge in [-0.1, -0.05) is 30.3 Å². The summed E-state index contributed by atoms with van der Waals surface area (Å²) in [5, 5.41) is 18.0. The number of nitrogens with one attached hydrogen (secondary N) is 2. The molecule has 0 aliphatic carbocycles. The number of carbonyl (C=O) groups excluding carboxylic acids is 1. The molecule has 2 N–H and O–H groups in total. The number of ether oxygens (including phenoxy) is 1. The van der Waals surface area contributed by atoms with Crippen molar-refractivity contribution < 1.29 is 14.6 Å². The average molecular weight is 356 g/mol. The number of anilines is 1. The molecule has 0 radical (unpaired) electrons. The first-order chi connectivity index (χ1) is 12.0. The molecular weight excluding hydrogens is 338 g/mol. The minimum Gasteiger partial charge on any atom is -0.546 e. The Labute approximate surface area is 151 Å². The highest BCUT2D eigenvalue weighted by molar-refractivity contribution is 7.80. The lowest BCUT2D eigenvalue weighted by Crippen LogP contribution is -2.29. The lowest BCUT2D eigenvalue weighted by Gasteiger charge is -2.12. The van der Waals surface area contributed by atoms with Crippen LogP contribution in [-0.2, 0) is 4.79 Å². The molecule has 0 saturated carbocycles. The van der Waals surface area contributed by atoms with E-state index in [9.17, 15) is 9.90 Å². The van der Waals surface area contributed by atoms with Gasteiger partial charge in [0.1, 0.15) is 12.4 Å². The van der Waals surface area contributed by atoms with Gasteiger partial charge in [0.25, 0.3) is 0 Å². The molecule has 0 aromatic heterocycles. The number of carbonyl (C=O) groups is 1. The zero-order chi connectivity index (χ0) is 18.2. The lowest BCUT2D eigenvalue weighted by atomic mass is 10.1. The van der Waals surface area contributed by atoms with Crippen molar-refractivity contribution in [3.63, 3.8) is 0 Å². The van der Waals surface area contributed by atoms with Crippen molar-refractivity contribution in [1.29, 1.82) is 0 Å². The predicted octanol–water partition coefficient (Wildman–Crippen LogP) is 1.75. The molecule has 7 heteroatoms. The summed E-state index contributed by atoms with van der Waals surface area (Å²) in [6.07, 6.45) is 1.50. The van der Waals surface area contributed by atoms with Crippen molar-refractivity contribution in [2.24, 2.45) is 5.10 Å². The summed E-state index contributed by atoms with van der Waals surface area (Å²) in [6, 6.07) is 12.9. The van der Waals surface area contributed by atoms with E-state index in [4.69, 9.17) is 17.0 Å². The standard InChI is InChI=1S/C18H19N3O3S/c1-12-6-5-7-13(2)17(12)20-18(25)21-19-10-14-8-3-4-9-15(14)24-11-16(22)23/h3-10H,11H2,1-2H3,(H,22,23)(H2,20,21,25)/p-1/b19-10-. The number of thiocarbonyl (C=S) groups is 1. The van der Waals surface area contributed by atoms with Crippen molar-refractivity contribution in [1.82, 2.24) is 5.43 Å². The van der Waals surface area contributed by atoms with Crippen LogP contribution >= 0.6 is 12.2 Å². The van der Waals surface area contributed by atoms with E-state index in [2.05, 4.69) is 15.8 Å². The van der Waals surface area contributed by atoms with Gasteiger partial charge >= 0.3 is 0 Å². The maximum Gasteiger partial charge on any atom is 0.191 e. The fourth-order valence-electron chi connectivity index (χ4n) is 2.17. The average Bonchev–Trinajstić information content (AvgIpc) is 2.57. The highest BCUT2D eigenvalue weighted by Gasteiger charge is 2.04. The Morgan fingerprint density at radius 1 is 1.20 bits per heavy atom. The molecule has 2 rings (SSSR count). The summed E-state index contributed by atoms with van der Waals surface area (Å²) in [5.74, 6) is -0.894. The maximum absolute atomic E-state index is 10.5. The van der Waals surface area contributed by atoms with Crippen LogP contribution in [0.5, 0.6) is 5.75 Å². The highest BCUT2D eigenvalue weighted by Crippen LogP contribution is 2.19. The van der Waals surface area contributed by atoms with Crippen LogP contribution in [0.2, 0.25) is 0 Å². The smallest absolute Gasteiger partial charge is 0.191 e. The number of aryl methyl sites for hydroxylation is 2. The molecule has 2 aromatic rings. The number of carboxylic acid groups (broad SMARTS) is 1. The minimum atomic E-state index is -1.29. The lowest BCUT2D eigenvalue weighted by molar-refractivity contribution is -0.307. The minimum absolute atomic E-state index is 0.349. The second-order valence-electron chi connectivity index (χ2n) is 5.29. The molecule has 0 spiro atoms. The number of hydrogen-bond donors (Lipinski definition) is 2. The van der Waals surface area contributed by atoms with Crippen LogP contribution in [0.15, 0.2) is 47.6 Å². The fraction of sp³-hybridized carbons (Fsp3) is 0.167. The van der Waals surface area contributed by atoms with Crippen LogP contribution in [-0.4, -0.2) is 23.9 Å². The molecule has 0 bridgehead atoms. The van der Waals surface area contributed by atoms with Crippen LogP contribution in [0.4, 0.5) is 5.69 Å². The van der Waals surface area contributed by atoms with Gasteiger partial charge in [-0.3, -0.25) is 5.43 Å². The fourth-order valence-corrected chi connectivity index (χ4v) is 2.32. The van der Waals surface area contributed by atoms with E-state index in [1.165, 1.54) is 6.21 Å². The normalized spacial score (nSPS) is 10.5. The Hall–Kier alpha value is -2.93. The Morgan fingerprint density at radius 3 is 2.56 bits per heavy atom. The topological polar surface area (TPSA) is 85.8 Å². The van der Waals surface area contributed by atoms with Crippen molar-refractivity contribution >= 4 is 35.2 Å². The summed E-state index contributed by atoms with van der Waals surface area (Å²) in [6.45, 7) is 3.46. The number of hydrogen-bond acceptors (Lipinski definition) is 5. The first-order valence-corrected chi connectivity index (χ1v) is 7.96. The molecule has 2 aromatic carbocycles. The molecule has 0 aliphatic heterocycles. The van der Waals surface area contributed by atoms with Crippen molar-refractivity contribution in [2.75, 3.05) is 11.9 Å². The number of rotatable bonds is 6. The van der Waals surface area contributed by atoms with E-state index in [1.807, 2.05) is 32.0 Å². The van der Waals surface area contributed by atoms with Gasteiger partial charge in [-0.25, -0.2) is 0 Å². The molecule has 0 aliphatic rings. The van der Waals surface area contributed by atoms with Crippen LogP contribution < -0.4 is 20.6 Å². The van der Waals surface area contributed by atoms with Crippen molar-refractivity contribution in [2.45, 2.75) is 13.8 Å². The molecule has 130 valence electrons. The van der Waals surface area contributed by atoms with E-state index in [0.29, 0.717) is 16.4 Å². The van der Waals surface area contributed by atoms with Gasteiger partial charge in [-0.05, 0) is 49.3 Å². The van der Waals surface area contributed by atoms with E-state index in [-0.39, 0.29) is 0 Å². The Bertz CT molecular complexity index is 786. The van der Waals surface area contributed by atoms with Gasteiger partial charge in [0.15, 0.2) is 5.11 Å². The third kappa shape index (κ3) is 5.58. The molecule has 6 nitrogen and oxygen atoms in total. The highest BCUT2D eigenvalue weighted by atomic mass is 32.1. The molecule has 0 saturated heterocycles. The summed E-state index contributed by atoms with van der Waals surface area (Å²) in [5.41, 5.74) is 6.44. The molecule has 0 amide bonds. The van der Waals surface area contributed by atoms with Gasteiger partial charge in [0.2, 0.25) is 0 Å². The van der Waals surface area contributed by atoms with Crippen molar-refractivity contribution in [3.05, 3.63) is 59.2 Å². The number of carboxylic acids is 1. The predicted molar refractivity (Wildman–Crippen MR) is 99.8 cm³/mol. The molecule has 0 atom stereocenters. The molecule has 0 fully saturated rings. The van der Waals surface area contributed by atoms with E-state index < -0.39 is 12.6 Å². The van der Waals surface area contributed by atoms with E-state index in [1.54, 1.807) is 24.3 Å². The Balaban J connectivity index is 1.99. The van der Waals surface area contributed by atoms with Crippen LogP contribution in [0.25, 0.3) is 0 Å².